The Balaban J connectivity index is 2.99. The van der Waals surface area contributed by atoms with Crippen LogP contribution in [0.1, 0.15) is 5.56 Å². The quantitative estimate of drug-likeness (QED) is 0.741. The van der Waals surface area contributed by atoms with E-state index >= 15 is 0 Å². The highest BCUT2D eigenvalue weighted by atomic mass is 127. The van der Waals surface area contributed by atoms with E-state index < -0.39 is 0 Å². The molecule has 0 unspecified atom stereocenters. The van der Waals surface area contributed by atoms with E-state index in [-0.39, 0.29) is 0 Å². The number of rotatable bonds is 0. The molecular weight excluding hydrogens is 267 g/mol. The van der Waals surface area contributed by atoms with E-state index in [4.69, 9.17) is 5.73 Å². The van der Waals surface area contributed by atoms with E-state index in [0.29, 0.717) is 5.82 Å². The maximum atomic E-state index is 5.70. The molecule has 0 atom stereocenters. The van der Waals surface area contributed by atoms with Gasteiger partial charge in [0, 0.05) is 6.20 Å². The Morgan fingerprint density at radius 1 is 1.50 bits per heavy atom. The molecule has 0 amide bonds. The molecule has 2 aromatic rings. The molecule has 0 saturated heterocycles. The first-order chi connectivity index (χ1) is 5.70. The van der Waals surface area contributed by atoms with Gasteiger partial charge in [-0.25, -0.2) is 9.97 Å². The molecule has 0 aliphatic heterocycles. The summed E-state index contributed by atoms with van der Waals surface area (Å²) in [7, 11) is 0. The monoisotopic (exact) mass is 274 g/mol. The van der Waals surface area contributed by atoms with Crippen LogP contribution < -0.4 is 5.73 Å². The molecule has 2 N–H and O–H groups in total. The maximum absolute atomic E-state index is 5.70. The van der Waals surface area contributed by atoms with Gasteiger partial charge in [-0.3, -0.25) is 2.78 Å². The second-order valence-electron chi connectivity index (χ2n) is 2.58. The summed E-state index contributed by atoms with van der Waals surface area (Å²) in [6.07, 6.45) is 3.46. The molecule has 0 aliphatic carbocycles. The molecule has 0 aromatic carbocycles. The van der Waals surface area contributed by atoms with Crippen LogP contribution in [0.5, 0.6) is 0 Å². The Morgan fingerprint density at radius 2 is 2.25 bits per heavy atom. The van der Waals surface area contributed by atoms with Gasteiger partial charge in [0.25, 0.3) is 0 Å². The predicted molar refractivity (Wildman–Crippen MR) is 56.1 cm³/mol. The fraction of sp³-hybridized carbons (Fsp3) is 0.143. The summed E-state index contributed by atoms with van der Waals surface area (Å²) in [4.78, 5) is 8.06. The van der Waals surface area contributed by atoms with Gasteiger partial charge in [0.05, 0.1) is 28.3 Å². The number of hydrogen-bond acceptors (Lipinski definition) is 3. The SMILES string of the molecule is Cc1cn(I)c2ncnc(N)c12. The van der Waals surface area contributed by atoms with Gasteiger partial charge < -0.3 is 5.73 Å². The third-order valence-corrected chi connectivity index (χ3v) is 2.50. The molecule has 5 heteroatoms. The number of aryl methyl sites for hydroxylation is 1. The molecule has 12 heavy (non-hydrogen) atoms. The number of anilines is 1. The van der Waals surface area contributed by atoms with Crippen molar-refractivity contribution in [2.75, 3.05) is 5.73 Å². The number of aromatic nitrogens is 3. The zero-order valence-electron chi connectivity index (χ0n) is 6.45. The van der Waals surface area contributed by atoms with E-state index in [0.717, 1.165) is 16.6 Å². The fourth-order valence-electron chi connectivity index (χ4n) is 1.23. The second-order valence-corrected chi connectivity index (χ2v) is 3.62. The number of nitrogens with zero attached hydrogens (tertiary/aromatic N) is 3. The van der Waals surface area contributed by atoms with Gasteiger partial charge in [-0.2, -0.15) is 0 Å². The fourth-order valence-corrected chi connectivity index (χ4v) is 2.01. The Labute approximate surface area is 83.3 Å². The zero-order valence-corrected chi connectivity index (χ0v) is 8.61. The summed E-state index contributed by atoms with van der Waals surface area (Å²) in [6, 6.07) is 0. The first-order valence-corrected chi connectivity index (χ1v) is 4.41. The molecule has 0 saturated carbocycles. The molecular formula is C7H7IN4. The van der Waals surface area contributed by atoms with Crippen molar-refractivity contribution < 1.29 is 0 Å². The first-order valence-electron chi connectivity index (χ1n) is 3.44. The lowest BCUT2D eigenvalue weighted by molar-refractivity contribution is 1.20. The van der Waals surface area contributed by atoms with Crippen molar-refractivity contribution >= 4 is 39.7 Å². The molecule has 2 rings (SSSR count). The molecule has 0 spiro atoms. The van der Waals surface area contributed by atoms with E-state index in [2.05, 4.69) is 32.8 Å². The highest BCUT2D eigenvalue weighted by molar-refractivity contribution is 14.1. The van der Waals surface area contributed by atoms with Crippen molar-refractivity contribution in [3.63, 3.8) is 0 Å². The second kappa shape index (κ2) is 2.58. The summed E-state index contributed by atoms with van der Waals surface area (Å²) in [6.45, 7) is 2.00. The van der Waals surface area contributed by atoms with E-state index in [1.807, 2.05) is 15.9 Å². The third-order valence-electron chi connectivity index (χ3n) is 1.76. The van der Waals surface area contributed by atoms with E-state index in [1.54, 1.807) is 0 Å². The van der Waals surface area contributed by atoms with Crippen molar-refractivity contribution in [3.8, 4) is 0 Å². The Morgan fingerprint density at radius 3 is 2.92 bits per heavy atom. The van der Waals surface area contributed by atoms with Gasteiger partial charge in [-0.05, 0) is 12.5 Å². The molecule has 0 radical (unpaired) electrons. The molecule has 0 fully saturated rings. The van der Waals surface area contributed by atoms with Crippen LogP contribution >= 0.6 is 22.9 Å². The molecule has 0 aliphatic rings. The van der Waals surface area contributed by atoms with Crippen LogP contribution in [0.15, 0.2) is 12.5 Å². The summed E-state index contributed by atoms with van der Waals surface area (Å²) in [5, 5.41) is 0.951. The van der Waals surface area contributed by atoms with Crippen LogP contribution in [0.2, 0.25) is 0 Å². The average Bonchev–Trinajstić information content (AvgIpc) is 2.29. The minimum Gasteiger partial charge on any atom is -0.383 e. The van der Waals surface area contributed by atoms with Gasteiger partial charge in [-0.1, -0.05) is 0 Å². The lowest BCUT2D eigenvalue weighted by atomic mass is 10.2. The molecule has 2 heterocycles. The number of nitrogen functional groups attached to an aromatic ring is 1. The maximum Gasteiger partial charge on any atom is 0.154 e. The van der Waals surface area contributed by atoms with Crippen LogP contribution in [0, 0.1) is 6.92 Å². The minimum atomic E-state index is 0.549. The van der Waals surface area contributed by atoms with Crippen LogP contribution in [0.25, 0.3) is 11.0 Å². The van der Waals surface area contributed by atoms with Gasteiger partial charge in [0.2, 0.25) is 0 Å². The normalized spacial score (nSPS) is 10.8. The lowest BCUT2D eigenvalue weighted by Crippen LogP contribution is -1.92. The Bertz CT molecular complexity index is 434. The first kappa shape index (κ1) is 7.78. The van der Waals surface area contributed by atoms with Crippen molar-refractivity contribution in [2.45, 2.75) is 6.92 Å². The van der Waals surface area contributed by atoms with Crippen LogP contribution in [0.3, 0.4) is 0 Å². The van der Waals surface area contributed by atoms with Crippen molar-refractivity contribution in [3.05, 3.63) is 18.1 Å². The zero-order chi connectivity index (χ0) is 8.72. The molecule has 0 bridgehead atoms. The Kier molecular flexibility index (Phi) is 1.67. The lowest BCUT2D eigenvalue weighted by Gasteiger charge is -1.94. The standard InChI is InChI=1S/C7H7IN4/c1-4-2-12(8)7-5(4)6(9)10-3-11-7/h2-3H,1H3,(H2,9,10,11). The van der Waals surface area contributed by atoms with Crippen LogP contribution in [0.4, 0.5) is 5.82 Å². The third kappa shape index (κ3) is 0.961. The van der Waals surface area contributed by atoms with Crippen molar-refractivity contribution in [1.82, 2.24) is 12.7 Å². The van der Waals surface area contributed by atoms with Crippen molar-refractivity contribution in [2.24, 2.45) is 0 Å². The van der Waals surface area contributed by atoms with E-state index in [9.17, 15) is 0 Å². The smallest absolute Gasteiger partial charge is 0.154 e. The number of hydrogen-bond donors (Lipinski definition) is 1. The topological polar surface area (TPSA) is 56.7 Å². The molecule has 2 aromatic heterocycles. The van der Waals surface area contributed by atoms with Gasteiger partial charge >= 0.3 is 0 Å². The van der Waals surface area contributed by atoms with Gasteiger partial charge in [0.15, 0.2) is 5.65 Å². The summed E-state index contributed by atoms with van der Waals surface area (Å²) < 4.78 is 1.92. The largest absolute Gasteiger partial charge is 0.383 e. The molecule has 62 valence electrons. The summed E-state index contributed by atoms with van der Waals surface area (Å²) in [5.74, 6) is 0.549. The predicted octanol–water partition coefficient (Wildman–Crippen LogP) is 1.52. The minimum absolute atomic E-state index is 0.549. The van der Waals surface area contributed by atoms with Gasteiger partial charge in [-0.15, -0.1) is 0 Å². The number of fused-ring (bicyclic) bond motifs is 1. The number of halogens is 1. The average molecular weight is 274 g/mol. The summed E-state index contributed by atoms with van der Waals surface area (Å²) >= 11 is 2.17. The highest BCUT2D eigenvalue weighted by Crippen LogP contribution is 2.23. The van der Waals surface area contributed by atoms with E-state index in [1.165, 1.54) is 6.33 Å². The van der Waals surface area contributed by atoms with Gasteiger partial charge in [0.1, 0.15) is 12.1 Å². The van der Waals surface area contributed by atoms with Crippen LogP contribution in [-0.4, -0.2) is 12.7 Å². The highest BCUT2D eigenvalue weighted by Gasteiger charge is 2.07. The van der Waals surface area contributed by atoms with Crippen molar-refractivity contribution in [1.29, 1.82) is 0 Å². The summed E-state index contributed by atoms with van der Waals surface area (Å²) in [5.41, 5.74) is 7.69. The Hall–Kier alpha value is -0.850. The molecule has 4 nitrogen and oxygen atoms in total. The van der Waals surface area contributed by atoms with Crippen LogP contribution in [-0.2, 0) is 0 Å². The number of nitrogens with two attached hydrogens (primary N) is 1.